The van der Waals surface area contributed by atoms with Crippen molar-refractivity contribution >= 4 is 43.0 Å². The van der Waals surface area contributed by atoms with Crippen LogP contribution in [0.25, 0.3) is 10.1 Å². The Morgan fingerprint density at radius 2 is 1.80 bits per heavy atom. The van der Waals surface area contributed by atoms with Crippen LogP contribution in [0, 0.1) is 6.92 Å². The van der Waals surface area contributed by atoms with Gasteiger partial charge in [-0.3, -0.25) is 4.79 Å². The van der Waals surface area contributed by atoms with Gasteiger partial charge in [-0.1, -0.05) is 32.0 Å². The maximum Gasteiger partial charge on any atom is 0.266 e. The van der Waals surface area contributed by atoms with E-state index in [1.54, 1.807) is 32.9 Å². The number of carbonyl (C=O) groups is 1. The number of carbonyl (C=O) groups excluding carboxylic acids is 1. The van der Waals surface area contributed by atoms with Gasteiger partial charge >= 0.3 is 0 Å². The fraction of sp³-hybridized carbons (Fsp3) is 0.318. The number of thiophene rings is 1. The van der Waals surface area contributed by atoms with Gasteiger partial charge in [0.15, 0.2) is 0 Å². The molecule has 160 valence electrons. The van der Waals surface area contributed by atoms with E-state index in [9.17, 15) is 13.2 Å². The van der Waals surface area contributed by atoms with Crippen LogP contribution < -0.4 is 10.1 Å². The van der Waals surface area contributed by atoms with E-state index in [-0.39, 0.29) is 16.6 Å². The molecule has 0 aliphatic heterocycles. The van der Waals surface area contributed by atoms with E-state index >= 15 is 0 Å². The molecule has 6 nitrogen and oxygen atoms in total. The lowest BCUT2D eigenvalue weighted by Crippen LogP contribution is -2.31. The predicted molar refractivity (Wildman–Crippen MR) is 122 cm³/mol. The largest absolute Gasteiger partial charge is 0.492 e. The normalized spacial score (nSPS) is 11.8. The van der Waals surface area contributed by atoms with Crippen molar-refractivity contribution in [1.29, 1.82) is 0 Å². The van der Waals surface area contributed by atoms with E-state index in [1.165, 1.54) is 21.7 Å². The molecule has 1 heterocycles. The Morgan fingerprint density at radius 1 is 1.10 bits per heavy atom. The first kappa shape index (κ1) is 22.3. The standard InChI is InChI=1S/C22H26N2O4S2/c1-5-24(6-2)30(26,27)20-14-16(12-13-18(20)28-7-3)23-22(25)21-15(4)17-10-8-9-11-19(17)29-21/h8-14H,5-7H2,1-4H3,(H,23,25). The lowest BCUT2D eigenvalue weighted by atomic mass is 10.1. The number of nitrogens with zero attached hydrogens (tertiary/aromatic N) is 1. The van der Waals surface area contributed by atoms with E-state index in [1.807, 2.05) is 31.2 Å². The summed E-state index contributed by atoms with van der Waals surface area (Å²) in [6, 6.07) is 12.6. The fourth-order valence-corrected chi connectivity index (χ4v) is 6.06. The molecular weight excluding hydrogens is 420 g/mol. The van der Waals surface area contributed by atoms with Gasteiger partial charge in [-0.15, -0.1) is 11.3 Å². The van der Waals surface area contributed by atoms with Gasteiger partial charge in [0, 0.05) is 23.5 Å². The van der Waals surface area contributed by atoms with E-state index in [0.29, 0.717) is 30.3 Å². The molecule has 0 bridgehead atoms. The summed E-state index contributed by atoms with van der Waals surface area (Å²) in [7, 11) is -3.75. The molecule has 0 aliphatic carbocycles. The molecule has 30 heavy (non-hydrogen) atoms. The topological polar surface area (TPSA) is 75.7 Å². The number of hydrogen-bond donors (Lipinski definition) is 1. The van der Waals surface area contributed by atoms with Crippen molar-refractivity contribution in [3.63, 3.8) is 0 Å². The molecule has 1 amide bonds. The van der Waals surface area contributed by atoms with Gasteiger partial charge < -0.3 is 10.1 Å². The molecule has 0 radical (unpaired) electrons. The summed E-state index contributed by atoms with van der Waals surface area (Å²) in [5, 5.41) is 3.90. The van der Waals surface area contributed by atoms with E-state index in [4.69, 9.17) is 4.74 Å². The Labute approximate surface area is 181 Å². The Kier molecular flexibility index (Phi) is 6.80. The second-order valence-electron chi connectivity index (χ2n) is 6.69. The summed E-state index contributed by atoms with van der Waals surface area (Å²) >= 11 is 1.42. The minimum atomic E-state index is -3.75. The zero-order valence-electron chi connectivity index (χ0n) is 17.6. The number of benzene rings is 2. The number of aryl methyl sites for hydroxylation is 1. The third-order valence-corrected chi connectivity index (χ3v) is 8.22. The average molecular weight is 447 g/mol. The molecule has 0 aliphatic rings. The van der Waals surface area contributed by atoms with E-state index < -0.39 is 10.0 Å². The molecule has 1 N–H and O–H groups in total. The number of rotatable bonds is 8. The van der Waals surface area contributed by atoms with Gasteiger partial charge in [0.2, 0.25) is 10.0 Å². The van der Waals surface area contributed by atoms with Crippen molar-refractivity contribution in [2.45, 2.75) is 32.6 Å². The number of hydrogen-bond acceptors (Lipinski definition) is 5. The minimum Gasteiger partial charge on any atom is -0.492 e. The van der Waals surface area contributed by atoms with Crippen molar-refractivity contribution < 1.29 is 17.9 Å². The zero-order valence-corrected chi connectivity index (χ0v) is 19.2. The predicted octanol–water partition coefficient (Wildman–Crippen LogP) is 4.89. The van der Waals surface area contributed by atoms with Crippen LogP contribution in [-0.2, 0) is 10.0 Å². The summed E-state index contributed by atoms with van der Waals surface area (Å²) in [5.74, 6) is 0.0180. The number of anilines is 1. The highest BCUT2D eigenvalue weighted by atomic mass is 32.2. The van der Waals surface area contributed by atoms with Crippen LogP contribution in [0.2, 0.25) is 0 Å². The summed E-state index contributed by atoms with van der Waals surface area (Å²) < 4.78 is 34.2. The third-order valence-electron chi connectivity index (χ3n) is 4.87. The number of amides is 1. The van der Waals surface area contributed by atoms with Crippen molar-refractivity contribution in [2.24, 2.45) is 0 Å². The molecule has 3 aromatic rings. The van der Waals surface area contributed by atoms with Crippen LogP contribution in [0.1, 0.15) is 36.0 Å². The molecule has 0 atom stereocenters. The van der Waals surface area contributed by atoms with Crippen molar-refractivity contribution in [1.82, 2.24) is 4.31 Å². The molecule has 1 aromatic heterocycles. The monoisotopic (exact) mass is 446 g/mol. The van der Waals surface area contributed by atoms with Crippen LogP contribution in [0.15, 0.2) is 47.4 Å². The molecule has 3 rings (SSSR count). The number of sulfonamides is 1. The molecule has 0 saturated heterocycles. The lowest BCUT2D eigenvalue weighted by Gasteiger charge is -2.21. The van der Waals surface area contributed by atoms with Gasteiger partial charge in [0.05, 0.1) is 11.5 Å². The van der Waals surface area contributed by atoms with Crippen molar-refractivity contribution in [3.8, 4) is 5.75 Å². The quantitative estimate of drug-likeness (QED) is 0.534. The van der Waals surface area contributed by atoms with E-state index in [0.717, 1.165) is 15.6 Å². The molecule has 0 unspecified atom stereocenters. The van der Waals surface area contributed by atoms with Crippen LogP contribution >= 0.6 is 11.3 Å². The second kappa shape index (κ2) is 9.16. The first-order valence-electron chi connectivity index (χ1n) is 9.89. The highest BCUT2D eigenvalue weighted by molar-refractivity contribution is 7.89. The maximum atomic E-state index is 13.1. The summed E-state index contributed by atoms with van der Waals surface area (Å²) in [6.45, 7) is 8.34. The molecule has 0 spiro atoms. The van der Waals surface area contributed by atoms with Crippen molar-refractivity contribution in [3.05, 3.63) is 52.9 Å². The third kappa shape index (κ3) is 4.21. The minimum absolute atomic E-state index is 0.0545. The highest BCUT2D eigenvalue weighted by Crippen LogP contribution is 2.33. The highest BCUT2D eigenvalue weighted by Gasteiger charge is 2.26. The first-order chi connectivity index (χ1) is 14.3. The van der Waals surface area contributed by atoms with Crippen molar-refractivity contribution in [2.75, 3.05) is 25.0 Å². The Hall–Kier alpha value is -2.42. The van der Waals surface area contributed by atoms with E-state index in [2.05, 4.69) is 5.32 Å². The van der Waals surface area contributed by atoms with Crippen LogP contribution in [0.5, 0.6) is 5.75 Å². The number of ether oxygens (including phenoxy) is 1. The SMILES string of the molecule is CCOc1ccc(NC(=O)c2sc3ccccc3c2C)cc1S(=O)(=O)N(CC)CC. The van der Waals surface area contributed by atoms with Crippen LogP contribution in [0.4, 0.5) is 5.69 Å². The molecule has 0 fully saturated rings. The maximum absolute atomic E-state index is 13.1. The fourth-order valence-electron chi connectivity index (χ4n) is 3.34. The molecule has 8 heteroatoms. The zero-order chi connectivity index (χ0) is 21.9. The van der Waals surface area contributed by atoms with Gasteiger partial charge in [0.25, 0.3) is 5.91 Å². The Morgan fingerprint density at radius 3 is 2.43 bits per heavy atom. The number of fused-ring (bicyclic) bond motifs is 1. The van der Waals surface area contributed by atoms with Gasteiger partial charge in [-0.05, 0) is 49.1 Å². The molecule has 2 aromatic carbocycles. The lowest BCUT2D eigenvalue weighted by molar-refractivity contribution is 0.103. The number of nitrogens with one attached hydrogen (secondary N) is 1. The summed E-state index contributed by atoms with van der Waals surface area (Å²) in [4.78, 5) is 13.6. The smallest absolute Gasteiger partial charge is 0.266 e. The molecular formula is C22H26N2O4S2. The second-order valence-corrected chi connectivity index (χ2v) is 9.65. The van der Waals surface area contributed by atoms with Gasteiger partial charge in [0.1, 0.15) is 10.6 Å². The summed E-state index contributed by atoms with van der Waals surface area (Å²) in [6.07, 6.45) is 0. The van der Waals surface area contributed by atoms with Crippen LogP contribution in [0.3, 0.4) is 0 Å². The Balaban J connectivity index is 1.98. The Bertz CT molecular complexity index is 1170. The van der Waals surface area contributed by atoms with Gasteiger partial charge in [-0.2, -0.15) is 4.31 Å². The summed E-state index contributed by atoms with van der Waals surface area (Å²) in [5.41, 5.74) is 1.32. The average Bonchev–Trinajstić information content (AvgIpc) is 3.07. The van der Waals surface area contributed by atoms with Crippen LogP contribution in [-0.4, -0.2) is 38.3 Å². The molecule has 0 saturated carbocycles. The van der Waals surface area contributed by atoms with Gasteiger partial charge in [-0.25, -0.2) is 8.42 Å². The first-order valence-corrected chi connectivity index (χ1v) is 12.2.